The largest absolute Gasteiger partial charge is 0.390 e. The van der Waals surface area contributed by atoms with Crippen LogP contribution in [0.2, 0.25) is 0 Å². The molecule has 1 atom stereocenters. The van der Waals surface area contributed by atoms with Crippen molar-refractivity contribution in [1.29, 1.82) is 0 Å². The molecule has 0 unspecified atom stereocenters. The molecule has 0 amide bonds. The van der Waals surface area contributed by atoms with E-state index in [1.165, 1.54) is 6.08 Å². The topological polar surface area (TPSA) is 26.0 Å². The zero-order chi connectivity index (χ0) is 8.20. The molecule has 0 aromatic heterocycles. The zero-order valence-electron chi connectivity index (χ0n) is 5.49. The van der Waals surface area contributed by atoms with E-state index in [4.69, 9.17) is 5.73 Å². The number of rotatable bonds is 3. The van der Waals surface area contributed by atoms with Crippen molar-refractivity contribution in [3.8, 4) is 0 Å². The van der Waals surface area contributed by atoms with Gasteiger partial charge in [-0.2, -0.15) is 13.2 Å². The minimum atomic E-state index is -4.15. The van der Waals surface area contributed by atoms with Gasteiger partial charge in [0.25, 0.3) is 0 Å². The molecule has 0 radical (unpaired) electrons. The van der Waals surface area contributed by atoms with Crippen LogP contribution in [0, 0.1) is 0 Å². The molecule has 0 bridgehead atoms. The predicted octanol–water partition coefficient (Wildman–Crippen LogP) is 1.84. The summed E-state index contributed by atoms with van der Waals surface area (Å²) in [5, 5.41) is 0. The summed E-state index contributed by atoms with van der Waals surface area (Å²) in [5.74, 6) is 0. The predicted molar refractivity (Wildman–Crippen MR) is 33.5 cm³/mol. The van der Waals surface area contributed by atoms with Gasteiger partial charge in [-0.1, -0.05) is 6.08 Å². The third-order valence-electron chi connectivity index (χ3n) is 0.963. The smallest absolute Gasteiger partial charge is 0.327 e. The van der Waals surface area contributed by atoms with Gasteiger partial charge in [-0.3, -0.25) is 0 Å². The Morgan fingerprint density at radius 2 is 2.00 bits per heavy atom. The van der Waals surface area contributed by atoms with Crippen LogP contribution in [0.5, 0.6) is 0 Å². The number of hydrogen-bond donors (Lipinski definition) is 1. The summed E-state index contributed by atoms with van der Waals surface area (Å²) in [6.45, 7) is 3.28. The summed E-state index contributed by atoms with van der Waals surface area (Å²) in [4.78, 5) is 0. The summed E-state index contributed by atoms with van der Waals surface area (Å²) in [6.07, 6.45) is -3.49. The molecular weight excluding hydrogens is 143 g/mol. The molecule has 0 aromatic carbocycles. The molecule has 1 nitrogen and oxygen atoms in total. The van der Waals surface area contributed by atoms with Gasteiger partial charge < -0.3 is 5.73 Å². The fourth-order valence-electron chi connectivity index (χ4n) is 0.595. The second-order valence-electron chi connectivity index (χ2n) is 2.10. The van der Waals surface area contributed by atoms with Crippen LogP contribution in [0.25, 0.3) is 0 Å². The summed E-state index contributed by atoms with van der Waals surface area (Å²) < 4.78 is 34.5. The highest BCUT2D eigenvalue weighted by atomic mass is 19.4. The molecular formula is C6H10F3N. The SMILES string of the molecule is C=CC[C@H](N)CC(F)(F)F. The van der Waals surface area contributed by atoms with E-state index < -0.39 is 18.6 Å². The molecule has 0 aliphatic rings. The van der Waals surface area contributed by atoms with E-state index in [1.807, 2.05) is 0 Å². The normalized spacial score (nSPS) is 14.8. The highest BCUT2D eigenvalue weighted by molar-refractivity contribution is 4.76. The second-order valence-corrected chi connectivity index (χ2v) is 2.10. The number of alkyl halides is 3. The van der Waals surface area contributed by atoms with Gasteiger partial charge in [0, 0.05) is 6.04 Å². The van der Waals surface area contributed by atoms with Gasteiger partial charge in [-0.25, -0.2) is 0 Å². The Morgan fingerprint density at radius 1 is 1.50 bits per heavy atom. The third kappa shape index (κ3) is 5.62. The summed E-state index contributed by atoms with van der Waals surface area (Å²) >= 11 is 0. The Morgan fingerprint density at radius 3 is 2.30 bits per heavy atom. The highest BCUT2D eigenvalue weighted by Crippen LogP contribution is 2.21. The molecule has 0 fully saturated rings. The van der Waals surface area contributed by atoms with E-state index in [2.05, 4.69) is 6.58 Å². The van der Waals surface area contributed by atoms with E-state index in [0.29, 0.717) is 0 Å². The van der Waals surface area contributed by atoms with E-state index >= 15 is 0 Å². The van der Waals surface area contributed by atoms with Crippen molar-refractivity contribution in [2.45, 2.75) is 25.1 Å². The highest BCUT2D eigenvalue weighted by Gasteiger charge is 2.29. The van der Waals surface area contributed by atoms with Crippen LogP contribution < -0.4 is 5.73 Å². The minimum absolute atomic E-state index is 0.208. The Kier molecular flexibility index (Phi) is 3.42. The van der Waals surface area contributed by atoms with Crippen molar-refractivity contribution in [2.24, 2.45) is 5.73 Å². The molecule has 10 heavy (non-hydrogen) atoms. The first-order valence-corrected chi connectivity index (χ1v) is 2.89. The average molecular weight is 153 g/mol. The number of nitrogens with two attached hydrogens (primary N) is 1. The van der Waals surface area contributed by atoms with Crippen molar-refractivity contribution in [2.75, 3.05) is 0 Å². The van der Waals surface area contributed by atoms with Crippen molar-refractivity contribution >= 4 is 0 Å². The van der Waals surface area contributed by atoms with Crippen molar-refractivity contribution in [1.82, 2.24) is 0 Å². The van der Waals surface area contributed by atoms with Gasteiger partial charge >= 0.3 is 6.18 Å². The maximum absolute atomic E-state index is 11.5. The van der Waals surface area contributed by atoms with Crippen LogP contribution >= 0.6 is 0 Å². The van der Waals surface area contributed by atoms with E-state index in [0.717, 1.165) is 0 Å². The average Bonchev–Trinajstić information content (AvgIpc) is 1.59. The standard InChI is InChI=1S/C6H10F3N/c1-2-3-5(10)4-6(7,8)9/h2,5H,1,3-4,10H2/t5-/m0/s1. The molecule has 4 heteroatoms. The van der Waals surface area contributed by atoms with Crippen LogP contribution in [0.1, 0.15) is 12.8 Å². The molecule has 0 aliphatic heterocycles. The maximum Gasteiger partial charge on any atom is 0.390 e. The van der Waals surface area contributed by atoms with Gasteiger partial charge in [0.05, 0.1) is 6.42 Å². The fraction of sp³-hybridized carbons (Fsp3) is 0.667. The molecule has 2 N–H and O–H groups in total. The van der Waals surface area contributed by atoms with Crippen LogP contribution in [0.15, 0.2) is 12.7 Å². The Labute approximate surface area is 57.7 Å². The zero-order valence-corrected chi connectivity index (χ0v) is 5.49. The quantitative estimate of drug-likeness (QED) is 0.615. The number of hydrogen-bond acceptors (Lipinski definition) is 1. The lowest BCUT2D eigenvalue weighted by Crippen LogP contribution is -2.26. The molecule has 0 saturated heterocycles. The summed E-state index contributed by atoms with van der Waals surface area (Å²) in [7, 11) is 0. The van der Waals surface area contributed by atoms with E-state index in [9.17, 15) is 13.2 Å². The molecule has 0 aromatic rings. The first-order valence-electron chi connectivity index (χ1n) is 2.89. The third-order valence-corrected chi connectivity index (χ3v) is 0.963. The second kappa shape index (κ2) is 3.61. The minimum Gasteiger partial charge on any atom is -0.327 e. The fourth-order valence-corrected chi connectivity index (χ4v) is 0.595. The van der Waals surface area contributed by atoms with Crippen LogP contribution in [0.4, 0.5) is 13.2 Å². The Hall–Kier alpha value is -0.510. The maximum atomic E-state index is 11.5. The van der Waals surface area contributed by atoms with Gasteiger partial charge in [0.2, 0.25) is 0 Å². The molecule has 0 saturated carbocycles. The van der Waals surface area contributed by atoms with Crippen LogP contribution in [-0.2, 0) is 0 Å². The monoisotopic (exact) mass is 153 g/mol. The number of halogens is 3. The van der Waals surface area contributed by atoms with Gasteiger partial charge in [-0.05, 0) is 6.42 Å². The van der Waals surface area contributed by atoms with Gasteiger partial charge in [0.1, 0.15) is 0 Å². The molecule has 60 valence electrons. The van der Waals surface area contributed by atoms with Crippen molar-refractivity contribution in [3.63, 3.8) is 0 Å². The molecule has 0 aliphatic carbocycles. The van der Waals surface area contributed by atoms with Crippen LogP contribution in [0.3, 0.4) is 0 Å². The van der Waals surface area contributed by atoms with Gasteiger partial charge in [0.15, 0.2) is 0 Å². The lowest BCUT2D eigenvalue weighted by atomic mass is 10.1. The first-order chi connectivity index (χ1) is 4.45. The Bertz CT molecular complexity index is 108. The summed E-state index contributed by atoms with van der Waals surface area (Å²) in [6, 6.07) is -0.836. The van der Waals surface area contributed by atoms with E-state index in [1.54, 1.807) is 0 Å². The lowest BCUT2D eigenvalue weighted by Gasteiger charge is -2.10. The van der Waals surface area contributed by atoms with Crippen molar-refractivity contribution < 1.29 is 13.2 Å². The first kappa shape index (κ1) is 9.49. The molecule has 0 spiro atoms. The Balaban J connectivity index is 3.56. The summed E-state index contributed by atoms with van der Waals surface area (Å²) in [5.41, 5.74) is 5.08. The van der Waals surface area contributed by atoms with Gasteiger partial charge in [-0.15, -0.1) is 6.58 Å². The van der Waals surface area contributed by atoms with Crippen LogP contribution in [-0.4, -0.2) is 12.2 Å². The lowest BCUT2D eigenvalue weighted by molar-refractivity contribution is -0.137. The molecule has 0 rings (SSSR count). The molecule has 0 heterocycles. The van der Waals surface area contributed by atoms with E-state index in [-0.39, 0.29) is 6.42 Å². The van der Waals surface area contributed by atoms with Crippen molar-refractivity contribution in [3.05, 3.63) is 12.7 Å².